The van der Waals surface area contributed by atoms with Crippen molar-refractivity contribution in [3.05, 3.63) is 34.3 Å². The SMILES string of the molecule is CCNC(=O)CN=C(NCC)N1CCN(C(C)c2ccc(Br)cc2)CC1. The molecule has 1 aromatic carbocycles. The molecule has 1 fully saturated rings. The number of piperazine rings is 1. The van der Waals surface area contributed by atoms with Crippen LogP contribution in [0.4, 0.5) is 0 Å². The molecule has 1 heterocycles. The molecule has 1 unspecified atom stereocenters. The Bertz CT molecular complexity index is 596. The standard InChI is InChI=1S/C19H30BrN5O/c1-4-21-18(26)14-23-19(22-5-2)25-12-10-24(11-13-25)15(3)16-6-8-17(20)9-7-16/h6-9,15H,4-5,10-14H2,1-3H3,(H,21,26)(H,22,23). The van der Waals surface area contributed by atoms with Crippen LogP contribution >= 0.6 is 15.9 Å². The van der Waals surface area contributed by atoms with E-state index in [1.165, 1.54) is 5.56 Å². The van der Waals surface area contributed by atoms with Crippen LogP contribution in [0.15, 0.2) is 33.7 Å². The van der Waals surface area contributed by atoms with Crippen molar-refractivity contribution in [3.8, 4) is 0 Å². The Kier molecular flexibility index (Phi) is 8.38. The summed E-state index contributed by atoms with van der Waals surface area (Å²) in [5.74, 6) is 0.792. The third-order valence-corrected chi connectivity index (χ3v) is 5.12. The lowest BCUT2D eigenvalue weighted by atomic mass is 10.1. The molecule has 1 amide bonds. The van der Waals surface area contributed by atoms with Gasteiger partial charge in [0.15, 0.2) is 5.96 Å². The van der Waals surface area contributed by atoms with E-state index >= 15 is 0 Å². The second kappa shape index (κ2) is 10.5. The molecule has 2 rings (SSSR count). The fourth-order valence-corrected chi connectivity index (χ4v) is 3.36. The Morgan fingerprint density at radius 2 is 1.73 bits per heavy atom. The number of nitrogens with zero attached hydrogens (tertiary/aromatic N) is 3. The fraction of sp³-hybridized carbons (Fsp3) is 0.579. The molecule has 1 saturated heterocycles. The van der Waals surface area contributed by atoms with Crippen molar-refractivity contribution < 1.29 is 4.79 Å². The van der Waals surface area contributed by atoms with Crippen LogP contribution in [-0.2, 0) is 4.79 Å². The first-order valence-electron chi connectivity index (χ1n) is 9.34. The van der Waals surface area contributed by atoms with Crippen molar-refractivity contribution in [2.24, 2.45) is 4.99 Å². The Morgan fingerprint density at radius 1 is 1.12 bits per heavy atom. The molecule has 26 heavy (non-hydrogen) atoms. The van der Waals surface area contributed by atoms with Crippen molar-refractivity contribution >= 4 is 27.8 Å². The summed E-state index contributed by atoms with van der Waals surface area (Å²) < 4.78 is 1.11. The largest absolute Gasteiger partial charge is 0.357 e. The van der Waals surface area contributed by atoms with Crippen LogP contribution in [0.3, 0.4) is 0 Å². The Balaban J connectivity index is 1.92. The molecular formula is C19H30BrN5O. The van der Waals surface area contributed by atoms with Gasteiger partial charge in [-0.25, -0.2) is 4.99 Å². The van der Waals surface area contributed by atoms with Gasteiger partial charge in [0.2, 0.25) is 5.91 Å². The molecule has 0 saturated carbocycles. The number of rotatable bonds is 6. The van der Waals surface area contributed by atoms with Gasteiger partial charge in [-0.2, -0.15) is 0 Å². The van der Waals surface area contributed by atoms with E-state index in [0.29, 0.717) is 12.6 Å². The number of carbonyl (C=O) groups excluding carboxylic acids is 1. The summed E-state index contributed by atoms with van der Waals surface area (Å²) in [5, 5.41) is 6.09. The minimum Gasteiger partial charge on any atom is -0.357 e. The average molecular weight is 424 g/mol. The summed E-state index contributed by atoms with van der Waals surface area (Å²) in [4.78, 5) is 20.9. The highest BCUT2D eigenvalue weighted by Gasteiger charge is 2.23. The van der Waals surface area contributed by atoms with Gasteiger partial charge in [0.25, 0.3) is 0 Å². The van der Waals surface area contributed by atoms with E-state index in [1.807, 2.05) is 13.8 Å². The molecular weight excluding hydrogens is 394 g/mol. The second-order valence-corrected chi connectivity index (χ2v) is 7.29. The summed E-state index contributed by atoms with van der Waals surface area (Å²) in [6.45, 7) is 11.6. The summed E-state index contributed by atoms with van der Waals surface area (Å²) in [6, 6.07) is 8.94. The van der Waals surface area contributed by atoms with Gasteiger partial charge in [0, 0.05) is 49.8 Å². The molecule has 144 valence electrons. The van der Waals surface area contributed by atoms with Crippen LogP contribution in [0.5, 0.6) is 0 Å². The Hall–Kier alpha value is -1.60. The normalized spacial score (nSPS) is 17.1. The molecule has 1 aliphatic rings. The van der Waals surface area contributed by atoms with E-state index < -0.39 is 0 Å². The molecule has 2 N–H and O–H groups in total. The van der Waals surface area contributed by atoms with E-state index in [9.17, 15) is 4.79 Å². The van der Waals surface area contributed by atoms with E-state index in [-0.39, 0.29) is 12.5 Å². The van der Waals surface area contributed by atoms with Crippen LogP contribution < -0.4 is 10.6 Å². The number of guanidine groups is 1. The summed E-state index contributed by atoms with van der Waals surface area (Å²) >= 11 is 3.49. The maximum absolute atomic E-state index is 11.7. The molecule has 0 bridgehead atoms. The van der Waals surface area contributed by atoms with Gasteiger partial charge in [0.1, 0.15) is 6.54 Å². The van der Waals surface area contributed by atoms with Gasteiger partial charge in [-0.1, -0.05) is 28.1 Å². The van der Waals surface area contributed by atoms with Crippen molar-refractivity contribution in [3.63, 3.8) is 0 Å². The van der Waals surface area contributed by atoms with Crippen LogP contribution in [0.1, 0.15) is 32.4 Å². The second-order valence-electron chi connectivity index (χ2n) is 6.37. The molecule has 1 aromatic rings. The first-order valence-corrected chi connectivity index (χ1v) is 10.1. The number of benzene rings is 1. The topological polar surface area (TPSA) is 60.0 Å². The smallest absolute Gasteiger partial charge is 0.241 e. The zero-order chi connectivity index (χ0) is 18.9. The highest BCUT2D eigenvalue weighted by molar-refractivity contribution is 9.10. The van der Waals surface area contributed by atoms with Gasteiger partial charge in [-0.15, -0.1) is 0 Å². The van der Waals surface area contributed by atoms with Gasteiger partial charge in [-0.05, 0) is 38.5 Å². The van der Waals surface area contributed by atoms with Crippen LogP contribution in [0.25, 0.3) is 0 Å². The van der Waals surface area contributed by atoms with Gasteiger partial charge >= 0.3 is 0 Å². The van der Waals surface area contributed by atoms with Gasteiger partial charge in [-0.3, -0.25) is 9.69 Å². The number of hydrogen-bond donors (Lipinski definition) is 2. The lowest BCUT2D eigenvalue weighted by Crippen LogP contribution is -2.53. The maximum atomic E-state index is 11.7. The third-order valence-electron chi connectivity index (χ3n) is 4.60. The number of carbonyl (C=O) groups is 1. The van der Waals surface area contributed by atoms with Crippen molar-refractivity contribution in [2.45, 2.75) is 26.8 Å². The Morgan fingerprint density at radius 3 is 2.31 bits per heavy atom. The van der Waals surface area contributed by atoms with Crippen molar-refractivity contribution in [1.82, 2.24) is 20.4 Å². The van der Waals surface area contributed by atoms with Gasteiger partial charge in [0.05, 0.1) is 0 Å². The zero-order valence-corrected chi connectivity index (χ0v) is 17.6. The molecule has 1 aliphatic heterocycles. The quantitative estimate of drug-likeness (QED) is 0.543. The van der Waals surface area contributed by atoms with Crippen LogP contribution in [0, 0.1) is 0 Å². The van der Waals surface area contributed by atoms with E-state index in [1.54, 1.807) is 0 Å². The van der Waals surface area contributed by atoms with E-state index in [0.717, 1.165) is 43.2 Å². The lowest BCUT2D eigenvalue weighted by Gasteiger charge is -2.39. The number of likely N-dealkylation sites (N-methyl/N-ethyl adjacent to an activating group) is 1. The third kappa shape index (κ3) is 5.99. The molecule has 6 nitrogen and oxygen atoms in total. The van der Waals surface area contributed by atoms with E-state index in [4.69, 9.17) is 0 Å². The maximum Gasteiger partial charge on any atom is 0.241 e. The highest BCUT2D eigenvalue weighted by atomic mass is 79.9. The Labute approximate surface area is 165 Å². The number of amides is 1. The molecule has 0 aliphatic carbocycles. The minimum absolute atomic E-state index is 0.0367. The number of halogens is 1. The van der Waals surface area contributed by atoms with Crippen LogP contribution in [0.2, 0.25) is 0 Å². The zero-order valence-electron chi connectivity index (χ0n) is 16.0. The molecule has 0 aromatic heterocycles. The number of nitrogens with one attached hydrogen (secondary N) is 2. The molecule has 0 radical (unpaired) electrons. The van der Waals surface area contributed by atoms with Crippen molar-refractivity contribution in [2.75, 3.05) is 45.8 Å². The van der Waals surface area contributed by atoms with Crippen LogP contribution in [-0.4, -0.2) is 67.5 Å². The summed E-state index contributed by atoms with van der Waals surface area (Å²) in [5.41, 5.74) is 1.33. The van der Waals surface area contributed by atoms with E-state index in [2.05, 4.69) is 72.5 Å². The minimum atomic E-state index is -0.0367. The number of hydrogen-bond acceptors (Lipinski definition) is 3. The number of aliphatic imine (C=N–C) groups is 1. The first-order chi connectivity index (χ1) is 12.5. The summed E-state index contributed by atoms with van der Waals surface area (Å²) in [7, 11) is 0. The average Bonchev–Trinajstić information content (AvgIpc) is 2.65. The summed E-state index contributed by atoms with van der Waals surface area (Å²) in [6.07, 6.45) is 0. The monoisotopic (exact) mass is 423 g/mol. The predicted molar refractivity (Wildman–Crippen MR) is 110 cm³/mol. The lowest BCUT2D eigenvalue weighted by molar-refractivity contribution is -0.119. The highest BCUT2D eigenvalue weighted by Crippen LogP contribution is 2.23. The van der Waals surface area contributed by atoms with Gasteiger partial charge < -0.3 is 15.5 Å². The molecule has 0 spiro atoms. The first kappa shape index (κ1) is 20.7. The van der Waals surface area contributed by atoms with Crippen molar-refractivity contribution in [1.29, 1.82) is 0 Å². The molecule has 1 atom stereocenters. The fourth-order valence-electron chi connectivity index (χ4n) is 3.10. The molecule has 7 heteroatoms. The predicted octanol–water partition coefficient (Wildman–Crippen LogP) is 2.23.